The maximum Gasteiger partial charge on any atom is 0.0368 e. The third-order valence-corrected chi connectivity index (χ3v) is 3.80. The molecule has 0 bridgehead atoms. The van der Waals surface area contributed by atoms with Crippen LogP contribution in [0.2, 0.25) is 0 Å². The highest BCUT2D eigenvalue weighted by atomic mass is 15.2. The van der Waals surface area contributed by atoms with E-state index >= 15 is 0 Å². The molecule has 94 valence electrons. The molecule has 2 heteroatoms. The van der Waals surface area contributed by atoms with E-state index in [0.29, 0.717) is 6.04 Å². The summed E-state index contributed by atoms with van der Waals surface area (Å²) in [4.78, 5) is 2.54. The maximum absolute atomic E-state index is 5.88. The summed E-state index contributed by atoms with van der Waals surface area (Å²) >= 11 is 0. The summed E-state index contributed by atoms with van der Waals surface area (Å²) in [6.07, 6.45) is 5.38. The monoisotopic (exact) mass is 232 g/mol. The minimum atomic E-state index is 0.130. The quantitative estimate of drug-likeness (QED) is 0.846. The highest BCUT2D eigenvalue weighted by Gasteiger charge is 2.17. The summed E-state index contributed by atoms with van der Waals surface area (Å²) in [5, 5.41) is 0. The van der Waals surface area contributed by atoms with Gasteiger partial charge in [0.05, 0.1) is 0 Å². The van der Waals surface area contributed by atoms with Crippen molar-refractivity contribution >= 4 is 5.69 Å². The van der Waals surface area contributed by atoms with Crippen molar-refractivity contribution in [2.24, 2.45) is 5.73 Å². The van der Waals surface area contributed by atoms with Crippen LogP contribution in [0.3, 0.4) is 0 Å². The Morgan fingerprint density at radius 1 is 1.18 bits per heavy atom. The van der Waals surface area contributed by atoms with Crippen molar-refractivity contribution in [1.82, 2.24) is 0 Å². The number of rotatable bonds is 2. The number of anilines is 1. The van der Waals surface area contributed by atoms with E-state index < -0.39 is 0 Å². The highest BCUT2D eigenvalue weighted by molar-refractivity contribution is 5.49. The molecule has 1 aliphatic rings. The first-order valence-corrected chi connectivity index (χ1v) is 6.80. The van der Waals surface area contributed by atoms with Crippen molar-refractivity contribution < 1.29 is 0 Å². The summed E-state index contributed by atoms with van der Waals surface area (Å²) in [5.74, 6) is 0. The van der Waals surface area contributed by atoms with Gasteiger partial charge in [0.25, 0.3) is 0 Å². The molecule has 2 nitrogen and oxygen atoms in total. The molecule has 0 radical (unpaired) electrons. The van der Waals surface area contributed by atoms with Gasteiger partial charge < -0.3 is 10.6 Å². The largest absolute Gasteiger partial charge is 0.369 e. The summed E-state index contributed by atoms with van der Waals surface area (Å²) in [6.45, 7) is 5.56. The molecule has 1 fully saturated rings. The fraction of sp³-hybridized carbons (Fsp3) is 0.600. The SMILES string of the molecule is CC1CCCCCN1c1ccc([C@@H](C)N)cc1. The van der Waals surface area contributed by atoms with Crippen molar-refractivity contribution in [2.75, 3.05) is 11.4 Å². The van der Waals surface area contributed by atoms with E-state index in [2.05, 4.69) is 36.1 Å². The Kier molecular flexibility index (Phi) is 4.06. The number of nitrogens with two attached hydrogens (primary N) is 1. The van der Waals surface area contributed by atoms with Crippen LogP contribution in [0.15, 0.2) is 24.3 Å². The Bertz CT molecular complexity index is 342. The van der Waals surface area contributed by atoms with Crippen LogP contribution in [0.5, 0.6) is 0 Å². The van der Waals surface area contributed by atoms with Gasteiger partial charge in [-0.3, -0.25) is 0 Å². The molecule has 0 aromatic heterocycles. The third-order valence-electron chi connectivity index (χ3n) is 3.80. The molecule has 1 unspecified atom stereocenters. The van der Waals surface area contributed by atoms with E-state index in [0.717, 1.165) is 0 Å². The smallest absolute Gasteiger partial charge is 0.0368 e. The molecule has 0 saturated carbocycles. The summed E-state index contributed by atoms with van der Waals surface area (Å²) in [7, 11) is 0. The second kappa shape index (κ2) is 5.54. The number of benzene rings is 1. The third kappa shape index (κ3) is 3.01. The van der Waals surface area contributed by atoms with Crippen molar-refractivity contribution in [3.63, 3.8) is 0 Å². The van der Waals surface area contributed by atoms with Gasteiger partial charge in [-0.2, -0.15) is 0 Å². The Labute approximate surface area is 105 Å². The zero-order chi connectivity index (χ0) is 12.3. The van der Waals surface area contributed by atoms with Gasteiger partial charge in [0.15, 0.2) is 0 Å². The van der Waals surface area contributed by atoms with Gasteiger partial charge in [0.1, 0.15) is 0 Å². The van der Waals surface area contributed by atoms with Gasteiger partial charge in [-0.15, -0.1) is 0 Å². The Balaban J connectivity index is 2.14. The molecule has 1 aromatic carbocycles. The van der Waals surface area contributed by atoms with E-state index in [4.69, 9.17) is 5.73 Å². The first-order chi connectivity index (χ1) is 8.18. The maximum atomic E-state index is 5.88. The predicted molar refractivity (Wildman–Crippen MR) is 74.3 cm³/mol. The fourth-order valence-electron chi connectivity index (χ4n) is 2.63. The minimum Gasteiger partial charge on any atom is -0.369 e. The Morgan fingerprint density at radius 3 is 2.53 bits per heavy atom. The lowest BCUT2D eigenvalue weighted by atomic mass is 10.1. The molecule has 1 aliphatic heterocycles. The topological polar surface area (TPSA) is 29.3 Å². The Morgan fingerprint density at radius 2 is 1.88 bits per heavy atom. The lowest BCUT2D eigenvalue weighted by Gasteiger charge is -2.29. The average Bonchev–Trinajstić information content (AvgIpc) is 2.54. The van der Waals surface area contributed by atoms with Gasteiger partial charge in [0, 0.05) is 24.3 Å². The second-order valence-electron chi connectivity index (χ2n) is 5.27. The minimum absolute atomic E-state index is 0.130. The lowest BCUT2D eigenvalue weighted by Crippen LogP contribution is -2.32. The van der Waals surface area contributed by atoms with Crippen LogP contribution < -0.4 is 10.6 Å². The zero-order valence-electron chi connectivity index (χ0n) is 11.0. The molecule has 2 rings (SSSR count). The summed E-state index contributed by atoms with van der Waals surface area (Å²) < 4.78 is 0. The predicted octanol–water partition coefficient (Wildman–Crippen LogP) is 3.48. The molecule has 0 aliphatic carbocycles. The molecule has 2 N–H and O–H groups in total. The molecule has 1 saturated heterocycles. The average molecular weight is 232 g/mol. The molecule has 0 amide bonds. The summed E-state index contributed by atoms with van der Waals surface area (Å²) in [5.41, 5.74) is 8.45. The van der Waals surface area contributed by atoms with Crippen LogP contribution in [0, 0.1) is 0 Å². The van der Waals surface area contributed by atoms with Crippen molar-refractivity contribution in [3.05, 3.63) is 29.8 Å². The number of hydrogen-bond acceptors (Lipinski definition) is 2. The summed E-state index contributed by atoms with van der Waals surface area (Å²) in [6, 6.07) is 9.57. The normalized spacial score (nSPS) is 23.2. The number of hydrogen-bond donors (Lipinski definition) is 1. The van der Waals surface area contributed by atoms with Crippen molar-refractivity contribution in [3.8, 4) is 0 Å². The first-order valence-electron chi connectivity index (χ1n) is 6.80. The molecule has 1 aromatic rings. The fourth-order valence-corrected chi connectivity index (χ4v) is 2.63. The molecular weight excluding hydrogens is 208 g/mol. The van der Waals surface area contributed by atoms with E-state index in [1.807, 2.05) is 6.92 Å². The van der Waals surface area contributed by atoms with Crippen molar-refractivity contribution in [2.45, 2.75) is 51.6 Å². The molecule has 0 spiro atoms. The van der Waals surface area contributed by atoms with Crippen LogP contribution in [-0.4, -0.2) is 12.6 Å². The van der Waals surface area contributed by atoms with Gasteiger partial charge in [0.2, 0.25) is 0 Å². The van der Waals surface area contributed by atoms with E-state index in [1.54, 1.807) is 0 Å². The molecule has 1 heterocycles. The van der Waals surface area contributed by atoms with Crippen LogP contribution in [0.4, 0.5) is 5.69 Å². The highest BCUT2D eigenvalue weighted by Crippen LogP contribution is 2.25. The van der Waals surface area contributed by atoms with Crippen LogP contribution >= 0.6 is 0 Å². The molecule has 17 heavy (non-hydrogen) atoms. The van der Waals surface area contributed by atoms with E-state index in [-0.39, 0.29) is 6.04 Å². The number of nitrogens with zero attached hydrogens (tertiary/aromatic N) is 1. The van der Waals surface area contributed by atoms with Gasteiger partial charge >= 0.3 is 0 Å². The molecule has 2 atom stereocenters. The van der Waals surface area contributed by atoms with Gasteiger partial charge in [-0.25, -0.2) is 0 Å². The Hall–Kier alpha value is -1.02. The standard InChI is InChI=1S/C15H24N2/c1-12-6-4-3-5-11-17(12)15-9-7-14(8-10-15)13(2)16/h7-10,12-13H,3-6,11,16H2,1-2H3/t12?,13-/m1/s1. The second-order valence-corrected chi connectivity index (χ2v) is 5.27. The van der Waals surface area contributed by atoms with Gasteiger partial charge in [-0.1, -0.05) is 25.0 Å². The van der Waals surface area contributed by atoms with Gasteiger partial charge in [-0.05, 0) is 44.4 Å². The van der Waals surface area contributed by atoms with E-state index in [1.165, 1.54) is 43.5 Å². The van der Waals surface area contributed by atoms with Crippen LogP contribution in [-0.2, 0) is 0 Å². The van der Waals surface area contributed by atoms with E-state index in [9.17, 15) is 0 Å². The molecular formula is C15H24N2. The zero-order valence-corrected chi connectivity index (χ0v) is 11.0. The lowest BCUT2D eigenvalue weighted by molar-refractivity contribution is 0.616. The van der Waals surface area contributed by atoms with Crippen LogP contribution in [0.25, 0.3) is 0 Å². The first kappa shape index (κ1) is 12.4. The van der Waals surface area contributed by atoms with Crippen LogP contribution in [0.1, 0.15) is 51.1 Å². The van der Waals surface area contributed by atoms with Crippen molar-refractivity contribution in [1.29, 1.82) is 0 Å².